The van der Waals surface area contributed by atoms with Gasteiger partial charge in [0, 0.05) is 22.9 Å². The monoisotopic (exact) mass is 238 g/mol. The molecule has 3 heteroatoms. The van der Waals surface area contributed by atoms with Crippen molar-refractivity contribution in [1.29, 1.82) is 0 Å². The van der Waals surface area contributed by atoms with E-state index >= 15 is 0 Å². The average Bonchev–Trinajstić information content (AvgIpc) is 2.30. The van der Waals surface area contributed by atoms with Gasteiger partial charge in [-0.15, -0.1) is 11.8 Å². The zero-order valence-electron chi connectivity index (χ0n) is 10.5. The molecular formula is C13H22N2S. The van der Waals surface area contributed by atoms with Crippen molar-refractivity contribution in [3.05, 3.63) is 23.8 Å². The highest BCUT2D eigenvalue weighted by Crippen LogP contribution is 2.25. The van der Waals surface area contributed by atoms with Crippen LogP contribution in [0.5, 0.6) is 0 Å². The first-order chi connectivity index (χ1) is 7.69. The number of thioether (sulfide) groups is 1. The lowest BCUT2D eigenvalue weighted by Gasteiger charge is -2.17. The van der Waals surface area contributed by atoms with Crippen LogP contribution in [0.2, 0.25) is 0 Å². The fraction of sp³-hybridized carbons (Fsp3) is 0.538. The minimum Gasteiger partial charge on any atom is -0.398 e. The molecule has 0 aliphatic rings. The molecule has 0 amide bonds. The molecule has 1 rings (SSSR count). The van der Waals surface area contributed by atoms with E-state index in [-0.39, 0.29) is 0 Å². The van der Waals surface area contributed by atoms with Gasteiger partial charge >= 0.3 is 0 Å². The minimum absolute atomic E-state index is 0.896. The van der Waals surface area contributed by atoms with Crippen molar-refractivity contribution in [3.63, 3.8) is 0 Å². The van der Waals surface area contributed by atoms with Crippen LogP contribution < -0.4 is 5.73 Å². The molecule has 0 aliphatic heterocycles. The predicted molar refractivity (Wildman–Crippen MR) is 74.1 cm³/mol. The molecule has 0 saturated carbocycles. The van der Waals surface area contributed by atoms with Crippen LogP contribution in [0.15, 0.2) is 23.1 Å². The molecule has 0 unspecified atom stereocenters. The third kappa shape index (κ3) is 3.72. The van der Waals surface area contributed by atoms with E-state index in [1.807, 2.05) is 23.9 Å². The molecule has 1 aromatic carbocycles. The Morgan fingerprint density at radius 3 is 2.56 bits per heavy atom. The number of hydrogen-bond acceptors (Lipinski definition) is 3. The number of benzene rings is 1. The number of nitrogens with two attached hydrogens (primary N) is 1. The minimum atomic E-state index is 0.896. The maximum absolute atomic E-state index is 5.88. The summed E-state index contributed by atoms with van der Waals surface area (Å²) in [4.78, 5) is 3.75. The molecule has 0 spiro atoms. The second kappa shape index (κ2) is 6.81. The van der Waals surface area contributed by atoms with Crippen LogP contribution in [0.25, 0.3) is 0 Å². The van der Waals surface area contributed by atoms with E-state index in [0.29, 0.717) is 0 Å². The Morgan fingerprint density at radius 2 is 1.94 bits per heavy atom. The molecule has 2 N–H and O–H groups in total. The molecule has 0 saturated heterocycles. The third-order valence-electron chi connectivity index (χ3n) is 2.89. The Labute approximate surface area is 103 Å². The van der Waals surface area contributed by atoms with E-state index in [2.05, 4.69) is 31.7 Å². The quantitative estimate of drug-likeness (QED) is 0.610. The summed E-state index contributed by atoms with van der Waals surface area (Å²) in [6, 6.07) is 6.14. The lowest BCUT2D eigenvalue weighted by atomic mass is 10.2. The Bertz CT molecular complexity index is 322. The van der Waals surface area contributed by atoms with Crippen LogP contribution in [0.3, 0.4) is 0 Å². The molecule has 0 aliphatic carbocycles. The van der Waals surface area contributed by atoms with E-state index < -0.39 is 0 Å². The molecule has 0 fully saturated rings. The van der Waals surface area contributed by atoms with Crippen LogP contribution in [-0.4, -0.2) is 30.3 Å². The van der Waals surface area contributed by atoms with Gasteiger partial charge in [-0.2, -0.15) is 0 Å². The molecule has 0 bridgehead atoms. The standard InChI is InChI=1S/C13H22N2S/c1-4-15(5-2)9-10-16-13-8-6-7-12(14)11(13)3/h6-8H,4-5,9-10,14H2,1-3H3. The van der Waals surface area contributed by atoms with Gasteiger partial charge in [-0.05, 0) is 37.7 Å². The highest BCUT2D eigenvalue weighted by atomic mass is 32.2. The Morgan fingerprint density at radius 1 is 1.25 bits per heavy atom. The number of nitrogens with zero attached hydrogens (tertiary/aromatic N) is 1. The summed E-state index contributed by atoms with van der Waals surface area (Å²) in [6.07, 6.45) is 0. The second-order valence-electron chi connectivity index (χ2n) is 3.85. The van der Waals surface area contributed by atoms with E-state index in [4.69, 9.17) is 5.73 Å². The van der Waals surface area contributed by atoms with Gasteiger partial charge < -0.3 is 10.6 Å². The fourth-order valence-corrected chi connectivity index (χ4v) is 2.69. The van der Waals surface area contributed by atoms with Crippen molar-refractivity contribution >= 4 is 17.4 Å². The van der Waals surface area contributed by atoms with Gasteiger partial charge in [0.1, 0.15) is 0 Å². The molecule has 0 aromatic heterocycles. The van der Waals surface area contributed by atoms with E-state index in [1.54, 1.807) is 0 Å². The van der Waals surface area contributed by atoms with Gasteiger partial charge in [0.2, 0.25) is 0 Å². The Hall–Kier alpha value is -0.670. The second-order valence-corrected chi connectivity index (χ2v) is 4.98. The lowest BCUT2D eigenvalue weighted by Crippen LogP contribution is -2.25. The summed E-state index contributed by atoms with van der Waals surface area (Å²) in [7, 11) is 0. The smallest absolute Gasteiger partial charge is 0.0354 e. The van der Waals surface area contributed by atoms with E-state index in [0.717, 1.165) is 31.1 Å². The van der Waals surface area contributed by atoms with Crippen LogP contribution >= 0.6 is 11.8 Å². The van der Waals surface area contributed by atoms with Gasteiger partial charge in [-0.1, -0.05) is 19.9 Å². The highest BCUT2D eigenvalue weighted by Gasteiger charge is 2.03. The fourth-order valence-electron chi connectivity index (χ4n) is 1.61. The summed E-state index contributed by atoms with van der Waals surface area (Å²) < 4.78 is 0. The first-order valence-electron chi connectivity index (χ1n) is 5.89. The van der Waals surface area contributed by atoms with Crippen molar-refractivity contribution in [2.75, 3.05) is 31.1 Å². The van der Waals surface area contributed by atoms with Crippen molar-refractivity contribution < 1.29 is 0 Å². The normalized spacial score (nSPS) is 11.0. The van der Waals surface area contributed by atoms with Gasteiger partial charge in [-0.25, -0.2) is 0 Å². The third-order valence-corrected chi connectivity index (χ3v) is 4.03. The molecule has 90 valence electrons. The maximum Gasteiger partial charge on any atom is 0.0354 e. The van der Waals surface area contributed by atoms with Crippen LogP contribution in [0.1, 0.15) is 19.4 Å². The predicted octanol–water partition coefficient (Wildman–Crippen LogP) is 3.01. The summed E-state index contributed by atoms with van der Waals surface area (Å²) in [6.45, 7) is 9.92. The zero-order chi connectivity index (χ0) is 12.0. The summed E-state index contributed by atoms with van der Waals surface area (Å²) >= 11 is 1.90. The number of nitrogen functional groups attached to an aromatic ring is 1. The first kappa shape index (κ1) is 13.4. The largest absolute Gasteiger partial charge is 0.398 e. The molecular weight excluding hydrogens is 216 g/mol. The topological polar surface area (TPSA) is 29.3 Å². The molecule has 16 heavy (non-hydrogen) atoms. The first-order valence-corrected chi connectivity index (χ1v) is 6.87. The molecule has 0 radical (unpaired) electrons. The summed E-state index contributed by atoms with van der Waals surface area (Å²) in [5, 5.41) is 0. The number of hydrogen-bond donors (Lipinski definition) is 1. The van der Waals surface area contributed by atoms with Gasteiger partial charge in [0.05, 0.1) is 0 Å². The number of anilines is 1. The van der Waals surface area contributed by atoms with Crippen molar-refractivity contribution in [2.45, 2.75) is 25.7 Å². The zero-order valence-corrected chi connectivity index (χ0v) is 11.3. The number of rotatable bonds is 6. The van der Waals surface area contributed by atoms with Crippen molar-refractivity contribution in [1.82, 2.24) is 4.90 Å². The van der Waals surface area contributed by atoms with Gasteiger partial charge in [0.25, 0.3) is 0 Å². The van der Waals surface area contributed by atoms with Gasteiger partial charge in [-0.3, -0.25) is 0 Å². The maximum atomic E-state index is 5.88. The van der Waals surface area contributed by atoms with Crippen molar-refractivity contribution in [3.8, 4) is 0 Å². The Balaban J connectivity index is 2.46. The van der Waals surface area contributed by atoms with Crippen LogP contribution in [0.4, 0.5) is 5.69 Å². The lowest BCUT2D eigenvalue weighted by molar-refractivity contribution is 0.324. The summed E-state index contributed by atoms with van der Waals surface area (Å²) in [5.41, 5.74) is 7.99. The average molecular weight is 238 g/mol. The van der Waals surface area contributed by atoms with E-state index in [9.17, 15) is 0 Å². The van der Waals surface area contributed by atoms with E-state index in [1.165, 1.54) is 10.5 Å². The SMILES string of the molecule is CCN(CC)CCSc1cccc(N)c1C. The molecule has 1 aromatic rings. The molecule has 2 nitrogen and oxygen atoms in total. The molecule has 0 heterocycles. The Kier molecular flexibility index (Phi) is 5.71. The van der Waals surface area contributed by atoms with Crippen LogP contribution in [-0.2, 0) is 0 Å². The molecule has 0 atom stereocenters. The van der Waals surface area contributed by atoms with Crippen molar-refractivity contribution in [2.24, 2.45) is 0 Å². The van der Waals surface area contributed by atoms with Gasteiger partial charge in [0.15, 0.2) is 0 Å². The summed E-state index contributed by atoms with van der Waals surface area (Å²) in [5.74, 6) is 1.13. The highest BCUT2D eigenvalue weighted by molar-refractivity contribution is 7.99. The van der Waals surface area contributed by atoms with Crippen LogP contribution in [0, 0.1) is 6.92 Å².